The summed E-state index contributed by atoms with van der Waals surface area (Å²) >= 11 is 0. The Labute approximate surface area is 176 Å². The lowest BCUT2D eigenvalue weighted by molar-refractivity contribution is -0.130. The number of carbonyl (C=O) groups is 1. The minimum absolute atomic E-state index is 0.0954. The molecule has 1 N–H and O–H groups in total. The Kier molecular flexibility index (Phi) is 5.07. The molecule has 1 atom stereocenters. The van der Waals surface area contributed by atoms with E-state index in [4.69, 9.17) is 14.5 Å². The molecule has 2 heterocycles. The van der Waals surface area contributed by atoms with E-state index < -0.39 is 6.10 Å². The quantitative estimate of drug-likeness (QED) is 0.717. The molecule has 0 radical (unpaired) electrons. The van der Waals surface area contributed by atoms with Crippen molar-refractivity contribution in [2.24, 2.45) is 13.0 Å². The molecule has 1 unspecified atom stereocenters. The van der Waals surface area contributed by atoms with Crippen molar-refractivity contribution in [1.29, 1.82) is 0 Å². The third-order valence-corrected chi connectivity index (χ3v) is 6.40. The molecule has 6 nitrogen and oxygen atoms in total. The van der Waals surface area contributed by atoms with Gasteiger partial charge in [-0.2, -0.15) is 0 Å². The number of imidazole rings is 1. The molecule has 5 rings (SSSR count). The second-order valence-corrected chi connectivity index (χ2v) is 8.34. The topological polar surface area (TPSA) is 65.4 Å². The van der Waals surface area contributed by atoms with E-state index in [-0.39, 0.29) is 12.5 Å². The molecule has 1 amide bonds. The summed E-state index contributed by atoms with van der Waals surface area (Å²) < 4.78 is 13.7. The van der Waals surface area contributed by atoms with Gasteiger partial charge in [0, 0.05) is 19.5 Å². The van der Waals surface area contributed by atoms with E-state index in [0.717, 1.165) is 31.2 Å². The Bertz CT molecular complexity index is 1050. The molecule has 1 aliphatic carbocycles. The SMILES string of the molecule is Cn1c(C2CCC(CNC(=O)C3COc4ccccc4O3)CC2)nc2ccccc21. The minimum atomic E-state index is -0.587. The molecule has 2 aliphatic rings. The summed E-state index contributed by atoms with van der Waals surface area (Å²) in [4.78, 5) is 17.4. The number of nitrogens with one attached hydrogen (secondary N) is 1. The predicted octanol–water partition coefficient (Wildman–Crippen LogP) is 3.80. The summed E-state index contributed by atoms with van der Waals surface area (Å²) in [6, 6.07) is 15.8. The third kappa shape index (κ3) is 3.62. The van der Waals surface area contributed by atoms with Crippen molar-refractivity contribution < 1.29 is 14.3 Å². The lowest BCUT2D eigenvalue weighted by atomic mass is 9.81. The average Bonchev–Trinajstić information content (AvgIpc) is 3.14. The van der Waals surface area contributed by atoms with Gasteiger partial charge in [0.05, 0.1) is 11.0 Å². The van der Waals surface area contributed by atoms with Crippen molar-refractivity contribution in [3.8, 4) is 11.5 Å². The molecule has 6 heteroatoms. The van der Waals surface area contributed by atoms with Crippen LogP contribution < -0.4 is 14.8 Å². The molecule has 1 aromatic heterocycles. The number of ether oxygens (including phenoxy) is 2. The Morgan fingerprint density at radius 3 is 2.60 bits per heavy atom. The van der Waals surface area contributed by atoms with Crippen LogP contribution in [-0.4, -0.2) is 34.7 Å². The molecular formula is C24H27N3O3. The van der Waals surface area contributed by atoms with Crippen molar-refractivity contribution in [3.05, 3.63) is 54.4 Å². The zero-order valence-corrected chi connectivity index (χ0v) is 17.2. The predicted molar refractivity (Wildman–Crippen MR) is 115 cm³/mol. The fraction of sp³-hybridized carbons (Fsp3) is 0.417. The fourth-order valence-electron chi connectivity index (χ4n) is 4.66. The highest BCUT2D eigenvalue weighted by Crippen LogP contribution is 2.36. The zero-order valence-electron chi connectivity index (χ0n) is 17.2. The summed E-state index contributed by atoms with van der Waals surface area (Å²) in [6.45, 7) is 0.942. The molecule has 156 valence electrons. The van der Waals surface area contributed by atoms with Crippen molar-refractivity contribution in [2.45, 2.75) is 37.7 Å². The normalized spacial score (nSPS) is 23.3. The average molecular weight is 405 g/mol. The van der Waals surface area contributed by atoms with Gasteiger partial charge in [0.2, 0.25) is 6.10 Å². The maximum Gasteiger partial charge on any atom is 0.264 e. The summed E-state index contributed by atoms with van der Waals surface area (Å²) in [6.07, 6.45) is 3.82. The van der Waals surface area contributed by atoms with E-state index in [0.29, 0.717) is 29.9 Å². The lowest BCUT2D eigenvalue weighted by Crippen LogP contribution is -2.45. The van der Waals surface area contributed by atoms with Crippen LogP contribution in [0.5, 0.6) is 11.5 Å². The van der Waals surface area contributed by atoms with E-state index in [1.165, 1.54) is 11.3 Å². The Morgan fingerprint density at radius 1 is 1.07 bits per heavy atom. The zero-order chi connectivity index (χ0) is 20.5. The number of aromatic nitrogens is 2. The van der Waals surface area contributed by atoms with Crippen LogP contribution >= 0.6 is 0 Å². The first-order valence-corrected chi connectivity index (χ1v) is 10.8. The highest BCUT2D eigenvalue weighted by atomic mass is 16.6. The number of hydrogen-bond donors (Lipinski definition) is 1. The van der Waals surface area contributed by atoms with E-state index in [9.17, 15) is 4.79 Å². The standard InChI is InChI=1S/C24H27N3O3/c1-27-19-7-3-2-6-18(19)26-23(27)17-12-10-16(11-13-17)14-25-24(28)22-15-29-20-8-4-5-9-21(20)30-22/h2-9,16-17,22H,10-15H2,1H3,(H,25,28). The van der Waals surface area contributed by atoms with E-state index in [1.54, 1.807) is 0 Å². The Hall–Kier alpha value is -3.02. The molecule has 30 heavy (non-hydrogen) atoms. The van der Waals surface area contributed by atoms with Gasteiger partial charge in [0.25, 0.3) is 5.91 Å². The van der Waals surface area contributed by atoms with Gasteiger partial charge < -0.3 is 19.4 Å². The monoisotopic (exact) mass is 405 g/mol. The van der Waals surface area contributed by atoms with Gasteiger partial charge in [0.1, 0.15) is 12.4 Å². The maximum atomic E-state index is 12.6. The maximum absolute atomic E-state index is 12.6. The van der Waals surface area contributed by atoms with Crippen LogP contribution in [0.1, 0.15) is 37.4 Å². The first-order valence-electron chi connectivity index (χ1n) is 10.8. The number of para-hydroxylation sites is 4. The van der Waals surface area contributed by atoms with Crippen LogP contribution in [0.15, 0.2) is 48.5 Å². The minimum Gasteiger partial charge on any atom is -0.485 e. The first kappa shape index (κ1) is 19.0. The highest BCUT2D eigenvalue weighted by molar-refractivity contribution is 5.81. The van der Waals surface area contributed by atoms with Crippen molar-refractivity contribution >= 4 is 16.9 Å². The Balaban J connectivity index is 1.13. The molecule has 0 saturated heterocycles. The number of benzene rings is 2. The number of aryl methyl sites for hydroxylation is 1. The number of fused-ring (bicyclic) bond motifs is 2. The summed E-state index contributed by atoms with van der Waals surface area (Å²) in [5.74, 6) is 3.40. The molecule has 1 fully saturated rings. The summed E-state index contributed by atoms with van der Waals surface area (Å²) in [5.41, 5.74) is 2.26. The van der Waals surface area contributed by atoms with E-state index in [2.05, 4.69) is 35.1 Å². The van der Waals surface area contributed by atoms with Crippen LogP contribution in [0.25, 0.3) is 11.0 Å². The number of rotatable bonds is 4. The van der Waals surface area contributed by atoms with Gasteiger partial charge in [-0.3, -0.25) is 4.79 Å². The number of carbonyl (C=O) groups excluding carboxylic acids is 1. The van der Waals surface area contributed by atoms with E-state index >= 15 is 0 Å². The molecule has 2 aromatic carbocycles. The summed E-state index contributed by atoms with van der Waals surface area (Å²) in [5, 5.41) is 3.08. The smallest absolute Gasteiger partial charge is 0.264 e. The second-order valence-electron chi connectivity index (χ2n) is 8.34. The van der Waals surface area contributed by atoms with Gasteiger partial charge >= 0.3 is 0 Å². The van der Waals surface area contributed by atoms with Gasteiger partial charge in [-0.1, -0.05) is 24.3 Å². The highest BCUT2D eigenvalue weighted by Gasteiger charge is 2.29. The van der Waals surface area contributed by atoms with Gasteiger partial charge in [-0.15, -0.1) is 0 Å². The van der Waals surface area contributed by atoms with Crippen LogP contribution in [0.2, 0.25) is 0 Å². The number of amides is 1. The van der Waals surface area contributed by atoms with Crippen molar-refractivity contribution in [1.82, 2.24) is 14.9 Å². The van der Waals surface area contributed by atoms with Crippen molar-refractivity contribution in [2.75, 3.05) is 13.2 Å². The molecule has 1 saturated carbocycles. The van der Waals surface area contributed by atoms with Crippen LogP contribution in [0.4, 0.5) is 0 Å². The van der Waals surface area contributed by atoms with Crippen LogP contribution in [0.3, 0.4) is 0 Å². The molecule has 1 aliphatic heterocycles. The Morgan fingerprint density at radius 2 is 1.80 bits per heavy atom. The van der Waals surface area contributed by atoms with Crippen LogP contribution in [-0.2, 0) is 11.8 Å². The summed E-state index contributed by atoms with van der Waals surface area (Å²) in [7, 11) is 2.11. The largest absolute Gasteiger partial charge is 0.485 e. The molecule has 0 spiro atoms. The van der Waals surface area contributed by atoms with Gasteiger partial charge in [-0.05, 0) is 55.9 Å². The second kappa shape index (κ2) is 8.01. The van der Waals surface area contributed by atoms with Gasteiger partial charge in [0.15, 0.2) is 11.5 Å². The number of nitrogens with zero attached hydrogens (tertiary/aromatic N) is 2. The number of hydrogen-bond acceptors (Lipinski definition) is 4. The molecule has 3 aromatic rings. The molecular weight excluding hydrogens is 378 g/mol. The van der Waals surface area contributed by atoms with Crippen molar-refractivity contribution in [3.63, 3.8) is 0 Å². The fourth-order valence-corrected chi connectivity index (χ4v) is 4.66. The van der Waals surface area contributed by atoms with Gasteiger partial charge in [-0.25, -0.2) is 4.98 Å². The van der Waals surface area contributed by atoms with Crippen LogP contribution in [0, 0.1) is 5.92 Å². The lowest BCUT2D eigenvalue weighted by Gasteiger charge is -2.29. The van der Waals surface area contributed by atoms with E-state index in [1.807, 2.05) is 30.3 Å². The first-order chi connectivity index (χ1) is 14.7. The molecule has 0 bridgehead atoms. The third-order valence-electron chi connectivity index (χ3n) is 6.40.